The van der Waals surface area contributed by atoms with E-state index in [4.69, 9.17) is 4.42 Å². The van der Waals surface area contributed by atoms with Gasteiger partial charge in [0.25, 0.3) is 0 Å². The van der Waals surface area contributed by atoms with Gasteiger partial charge < -0.3 is 16.7 Å². The molecule has 1 radical (unpaired) electrons. The fourth-order valence-corrected chi connectivity index (χ4v) is 1.52. The zero-order chi connectivity index (χ0) is 7.52. The molecule has 1 aromatic rings. The standard InChI is InChI=1S/C9H12NO.CH3.Y/c1-2-6-10(5-1)8-9-4-3-7-11-9;;/h3-4H,1-2,5-6,8H2;1H3;/q2*-1;. The van der Waals surface area contributed by atoms with Crippen LogP contribution in [0.5, 0.6) is 0 Å². The van der Waals surface area contributed by atoms with Crippen LogP contribution in [0, 0.1) is 13.7 Å². The number of hydrogen-bond acceptors (Lipinski definition) is 2. The summed E-state index contributed by atoms with van der Waals surface area (Å²) in [5.41, 5.74) is 0. The topological polar surface area (TPSA) is 16.4 Å². The van der Waals surface area contributed by atoms with Crippen LogP contribution in [0.4, 0.5) is 0 Å². The molecule has 0 spiro atoms. The summed E-state index contributed by atoms with van der Waals surface area (Å²) in [4.78, 5) is 2.41. The van der Waals surface area contributed by atoms with Gasteiger partial charge in [-0.3, -0.25) is 0 Å². The zero-order valence-corrected chi connectivity index (χ0v) is 11.0. The Kier molecular flexibility index (Phi) is 6.93. The van der Waals surface area contributed by atoms with Crippen molar-refractivity contribution in [1.82, 2.24) is 4.90 Å². The molecular formula is C10H15NOY-2. The minimum Gasteiger partial charge on any atom is -0.594 e. The molecular weight excluding hydrogens is 239 g/mol. The van der Waals surface area contributed by atoms with E-state index in [2.05, 4.69) is 11.2 Å². The van der Waals surface area contributed by atoms with Gasteiger partial charge in [-0.25, -0.2) is 0 Å². The summed E-state index contributed by atoms with van der Waals surface area (Å²) in [5, 5.41) is 0. The van der Waals surface area contributed by atoms with Gasteiger partial charge in [-0.15, -0.1) is 6.07 Å². The van der Waals surface area contributed by atoms with E-state index in [9.17, 15) is 0 Å². The van der Waals surface area contributed by atoms with Crippen molar-refractivity contribution >= 4 is 0 Å². The average Bonchev–Trinajstić information content (AvgIpc) is 2.60. The smallest absolute Gasteiger partial charge is 0 e. The third kappa shape index (κ3) is 3.92. The summed E-state index contributed by atoms with van der Waals surface area (Å²) in [5.74, 6) is 1.03. The van der Waals surface area contributed by atoms with Crippen LogP contribution in [-0.2, 0) is 39.3 Å². The van der Waals surface area contributed by atoms with Crippen LogP contribution < -0.4 is 0 Å². The van der Waals surface area contributed by atoms with Crippen LogP contribution in [-0.4, -0.2) is 18.0 Å². The predicted octanol–water partition coefficient (Wildman–Crippen LogP) is 2.12. The monoisotopic (exact) mass is 254 g/mol. The second-order valence-corrected chi connectivity index (χ2v) is 3.00. The molecule has 1 aromatic heterocycles. The van der Waals surface area contributed by atoms with Crippen molar-refractivity contribution in [3.05, 3.63) is 31.6 Å². The SMILES string of the molecule is [CH3-].[Y].[c-]1ccc(CN2CCCC2)o1. The quantitative estimate of drug-likeness (QED) is 0.752. The van der Waals surface area contributed by atoms with Crippen molar-refractivity contribution < 1.29 is 37.1 Å². The van der Waals surface area contributed by atoms with Crippen molar-refractivity contribution in [1.29, 1.82) is 0 Å². The Hall–Kier alpha value is 0.344. The molecule has 0 aliphatic carbocycles. The molecule has 0 bridgehead atoms. The zero-order valence-electron chi connectivity index (χ0n) is 8.12. The van der Waals surface area contributed by atoms with Crippen LogP contribution in [0.2, 0.25) is 0 Å². The van der Waals surface area contributed by atoms with Gasteiger partial charge in [0, 0.05) is 32.7 Å². The molecule has 1 aliphatic heterocycles. The molecule has 0 amide bonds. The number of furan rings is 1. The summed E-state index contributed by atoms with van der Waals surface area (Å²) < 4.78 is 5.13. The molecule has 13 heavy (non-hydrogen) atoms. The van der Waals surface area contributed by atoms with Crippen LogP contribution in [0.15, 0.2) is 16.5 Å². The molecule has 0 atom stereocenters. The van der Waals surface area contributed by atoms with Gasteiger partial charge in [-0.05, 0) is 44.5 Å². The first-order valence-corrected chi connectivity index (χ1v) is 4.12. The van der Waals surface area contributed by atoms with E-state index in [-0.39, 0.29) is 40.1 Å². The molecule has 71 valence electrons. The first kappa shape index (κ1) is 13.3. The molecule has 2 rings (SSSR count). The first-order chi connectivity index (χ1) is 5.45. The third-order valence-corrected chi connectivity index (χ3v) is 2.11. The van der Waals surface area contributed by atoms with Crippen molar-refractivity contribution in [2.45, 2.75) is 19.4 Å². The Morgan fingerprint density at radius 3 is 2.62 bits per heavy atom. The predicted molar refractivity (Wildman–Crippen MR) is 48.5 cm³/mol. The van der Waals surface area contributed by atoms with Gasteiger partial charge in [0.2, 0.25) is 0 Å². The van der Waals surface area contributed by atoms with Crippen molar-refractivity contribution in [3.8, 4) is 0 Å². The van der Waals surface area contributed by atoms with Crippen LogP contribution in [0.1, 0.15) is 18.6 Å². The van der Waals surface area contributed by atoms with Gasteiger partial charge in [0.15, 0.2) is 0 Å². The second-order valence-electron chi connectivity index (χ2n) is 3.00. The van der Waals surface area contributed by atoms with Crippen LogP contribution >= 0.6 is 0 Å². The molecule has 2 heterocycles. The minimum atomic E-state index is 0. The molecule has 0 N–H and O–H groups in total. The maximum atomic E-state index is 5.13. The molecule has 0 unspecified atom stereocenters. The second kappa shape index (κ2) is 6.75. The summed E-state index contributed by atoms with van der Waals surface area (Å²) in [6.07, 6.45) is 5.38. The van der Waals surface area contributed by atoms with Gasteiger partial charge in [-0.1, -0.05) is 0 Å². The number of nitrogens with zero attached hydrogens (tertiary/aromatic N) is 1. The van der Waals surface area contributed by atoms with E-state index in [0.717, 1.165) is 12.3 Å². The van der Waals surface area contributed by atoms with E-state index in [1.54, 1.807) is 0 Å². The molecule has 2 nitrogen and oxygen atoms in total. The maximum absolute atomic E-state index is 5.13. The van der Waals surface area contributed by atoms with E-state index < -0.39 is 0 Å². The Bertz CT molecular complexity index is 205. The Morgan fingerprint density at radius 1 is 1.38 bits per heavy atom. The summed E-state index contributed by atoms with van der Waals surface area (Å²) in [7, 11) is 0. The van der Waals surface area contributed by atoms with Gasteiger partial charge >= 0.3 is 0 Å². The fraction of sp³-hybridized carbons (Fsp3) is 0.500. The normalized spacial score (nSPS) is 16.3. The van der Waals surface area contributed by atoms with Gasteiger partial charge in [0.05, 0.1) is 0 Å². The van der Waals surface area contributed by atoms with E-state index >= 15 is 0 Å². The number of rotatable bonds is 2. The first-order valence-electron chi connectivity index (χ1n) is 4.12. The number of likely N-dealkylation sites (tertiary alicyclic amines) is 1. The van der Waals surface area contributed by atoms with E-state index in [0.29, 0.717) is 0 Å². The minimum absolute atomic E-state index is 0. The van der Waals surface area contributed by atoms with Crippen molar-refractivity contribution in [3.63, 3.8) is 0 Å². The van der Waals surface area contributed by atoms with Crippen molar-refractivity contribution in [2.75, 3.05) is 13.1 Å². The molecule has 3 heteroatoms. The van der Waals surface area contributed by atoms with Gasteiger partial charge in [0.1, 0.15) is 0 Å². The van der Waals surface area contributed by atoms with E-state index in [1.807, 2.05) is 12.1 Å². The Morgan fingerprint density at radius 2 is 2.08 bits per heavy atom. The molecule has 0 saturated carbocycles. The maximum Gasteiger partial charge on any atom is 0 e. The Balaban J connectivity index is 0.000000720. The molecule has 0 aromatic carbocycles. The van der Waals surface area contributed by atoms with Crippen molar-refractivity contribution in [2.24, 2.45) is 0 Å². The van der Waals surface area contributed by atoms with Crippen LogP contribution in [0.3, 0.4) is 0 Å². The van der Waals surface area contributed by atoms with Crippen LogP contribution in [0.25, 0.3) is 0 Å². The molecule has 1 aliphatic rings. The average molecular weight is 254 g/mol. The summed E-state index contributed by atoms with van der Waals surface area (Å²) >= 11 is 0. The summed E-state index contributed by atoms with van der Waals surface area (Å²) in [6, 6.07) is 3.81. The number of hydrogen-bond donors (Lipinski definition) is 0. The third-order valence-electron chi connectivity index (χ3n) is 2.11. The Labute approximate surface area is 106 Å². The fourth-order valence-electron chi connectivity index (χ4n) is 1.52. The largest absolute Gasteiger partial charge is 0.594 e. The van der Waals surface area contributed by atoms with Gasteiger partial charge in [-0.2, -0.15) is 6.07 Å². The molecule has 1 fully saturated rings. The van der Waals surface area contributed by atoms with E-state index in [1.165, 1.54) is 25.9 Å². The summed E-state index contributed by atoms with van der Waals surface area (Å²) in [6.45, 7) is 3.41. The molecule has 1 saturated heterocycles.